The van der Waals surface area contributed by atoms with Gasteiger partial charge < -0.3 is 10.6 Å². The van der Waals surface area contributed by atoms with Gasteiger partial charge in [0, 0.05) is 18.3 Å². The average Bonchev–Trinajstić information content (AvgIpc) is 3.00. The third-order valence-corrected chi connectivity index (χ3v) is 4.56. The monoisotopic (exact) mass is 245 g/mol. The Morgan fingerprint density at radius 2 is 1.94 bits per heavy atom. The van der Waals surface area contributed by atoms with Gasteiger partial charge in [-0.1, -0.05) is 12.8 Å². The summed E-state index contributed by atoms with van der Waals surface area (Å²) in [7, 11) is 0. The fourth-order valence-electron chi connectivity index (χ4n) is 3.67. The molecule has 1 atom stereocenters. The summed E-state index contributed by atoms with van der Waals surface area (Å²) >= 11 is 0. The molecular weight excluding hydrogens is 222 g/mol. The van der Waals surface area contributed by atoms with Crippen molar-refractivity contribution in [1.29, 1.82) is 0 Å². The Morgan fingerprint density at radius 1 is 1.17 bits per heavy atom. The summed E-state index contributed by atoms with van der Waals surface area (Å²) in [5.41, 5.74) is 8.03. The van der Waals surface area contributed by atoms with Gasteiger partial charge in [0.15, 0.2) is 5.82 Å². The number of hydrogen-bond acceptors (Lipinski definition) is 3. The highest BCUT2D eigenvalue weighted by Crippen LogP contribution is 2.38. The molecule has 0 amide bonds. The Kier molecular flexibility index (Phi) is 3.14. The van der Waals surface area contributed by atoms with Gasteiger partial charge in [0.05, 0.1) is 5.69 Å². The first-order valence-corrected chi connectivity index (χ1v) is 7.25. The van der Waals surface area contributed by atoms with E-state index in [-0.39, 0.29) is 0 Å². The molecule has 2 heterocycles. The van der Waals surface area contributed by atoms with Crippen LogP contribution in [0.15, 0.2) is 12.1 Å². The SMILES string of the molecule is Cc1ccc(N)c(N2CCCC2C2CCCC2)n1. The van der Waals surface area contributed by atoms with Gasteiger partial charge in [-0.3, -0.25) is 0 Å². The highest BCUT2D eigenvalue weighted by Gasteiger charge is 2.34. The maximum atomic E-state index is 6.13. The number of pyridine rings is 1. The summed E-state index contributed by atoms with van der Waals surface area (Å²) in [5, 5.41) is 0. The minimum atomic E-state index is 0.684. The van der Waals surface area contributed by atoms with Crippen molar-refractivity contribution in [2.24, 2.45) is 5.92 Å². The van der Waals surface area contributed by atoms with E-state index in [1.807, 2.05) is 19.1 Å². The van der Waals surface area contributed by atoms with E-state index < -0.39 is 0 Å². The standard InChI is InChI=1S/C15H23N3/c1-11-8-9-13(16)15(17-11)18-10-4-7-14(18)12-5-2-3-6-12/h8-9,12,14H,2-7,10,16H2,1H3. The van der Waals surface area contributed by atoms with Crippen LogP contribution in [0.5, 0.6) is 0 Å². The van der Waals surface area contributed by atoms with Crippen LogP contribution >= 0.6 is 0 Å². The highest BCUT2D eigenvalue weighted by molar-refractivity contribution is 5.64. The molecule has 3 heteroatoms. The number of nitrogens with two attached hydrogens (primary N) is 1. The van der Waals surface area contributed by atoms with Crippen molar-refractivity contribution in [3.63, 3.8) is 0 Å². The minimum absolute atomic E-state index is 0.684. The van der Waals surface area contributed by atoms with Gasteiger partial charge in [0.25, 0.3) is 0 Å². The molecule has 1 aliphatic heterocycles. The van der Waals surface area contributed by atoms with Crippen molar-refractivity contribution in [2.75, 3.05) is 17.2 Å². The first kappa shape index (κ1) is 11.8. The van der Waals surface area contributed by atoms with Crippen LogP contribution < -0.4 is 10.6 Å². The summed E-state index contributed by atoms with van der Waals surface area (Å²) in [4.78, 5) is 7.16. The Balaban J connectivity index is 1.87. The number of nitrogens with zero attached hydrogens (tertiary/aromatic N) is 2. The molecule has 18 heavy (non-hydrogen) atoms. The van der Waals surface area contributed by atoms with E-state index in [4.69, 9.17) is 5.73 Å². The topological polar surface area (TPSA) is 42.1 Å². The van der Waals surface area contributed by atoms with Gasteiger partial charge in [-0.15, -0.1) is 0 Å². The summed E-state index contributed by atoms with van der Waals surface area (Å²) in [6, 6.07) is 4.69. The van der Waals surface area contributed by atoms with Crippen molar-refractivity contribution in [1.82, 2.24) is 4.98 Å². The van der Waals surface area contributed by atoms with Crippen LogP contribution in [0.2, 0.25) is 0 Å². The van der Waals surface area contributed by atoms with E-state index in [2.05, 4.69) is 9.88 Å². The van der Waals surface area contributed by atoms with Crippen molar-refractivity contribution < 1.29 is 0 Å². The molecule has 1 aromatic heterocycles. The lowest BCUT2D eigenvalue weighted by molar-refractivity contribution is 0.429. The summed E-state index contributed by atoms with van der Waals surface area (Å²) in [6.07, 6.45) is 8.22. The molecule has 98 valence electrons. The second-order valence-corrected chi connectivity index (χ2v) is 5.81. The first-order valence-electron chi connectivity index (χ1n) is 7.25. The molecule has 0 aromatic carbocycles. The molecule has 1 unspecified atom stereocenters. The van der Waals surface area contributed by atoms with Crippen LogP contribution in [0.1, 0.15) is 44.2 Å². The zero-order valence-electron chi connectivity index (χ0n) is 11.2. The van der Waals surface area contributed by atoms with Crippen LogP contribution in [0.25, 0.3) is 0 Å². The molecule has 3 nitrogen and oxygen atoms in total. The normalized spacial score (nSPS) is 24.9. The van der Waals surface area contributed by atoms with Gasteiger partial charge in [-0.25, -0.2) is 4.98 Å². The predicted molar refractivity (Wildman–Crippen MR) is 75.7 cm³/mol. The molecule has 1 aliphatic carbocycles. The quantitative estimate of drug-likeness (QED) is 0.870. The van der Waals surface area contributed by atoms with Crippen molar-refractivity contribution in [2.45, 2.75) is 51.5 Å². The van der Waals surface area contributed by atoms with Crippen molar-refractivity contribution in [3.05, 3.63) is 17.8 Å². The second kappa shape index (κ2) is 4.79. The minimum Gasteiger partial charge on any atom is -0.396 e. The average molecular weight is 245 g/mol. The predicted octanol–water partition coefficient (Wildman–Crippen LogP) is 3.13. The molecule has 1 saturated carbocycles. The maximum absolute atomic E-state index is 6.13. The largest absolute Gasteiger partial charge is 0.396 e. The third kappa shape index (κ3) is 2.06. The summed E-state index contributed by atoms with van der Waals surface area (Å²) in [6.45, 7) is 3.17. The van der Waals surface area contributed by atoms with Gasteiger partial charge in [0.2, 0.25) is 0 Å². The number of aryl methyl sites for hydroxylation is 1. The molecule has 2 aliphatic rings. The number of anilines is 2. The smallest absolute Gasteiger partial charge is 0.152 e. The van der Waals surface area contributed by atoms with Crippen LogP contribution in [0.4, 0.5) is 11.5 Å². The van der Waals surface area contributed by atoms with Crippen molar-refractivity contribution >= 4 is 11.5 Å². The lowest BCUT2D eigenvalue weighted by atomic mass is 9.96. The van der Waals surface area contributed by atoms with Gasteiger partial charge >= 0.3 is 0 Å². The molecular formula is C15H23N3. The lowest BCUT2D eigenvalue weighted by Gasteiger charge is -2.31. The zero-order valence-corrected chi connectivity index (χ0v) is 11.2. The van der Waals surface area contributed by atoms with Crippen molar-refractivity contribution in [3.8, 4) is 0 Å². The number of rotatable bonds is 2. The molecule has 1 aromatic rings. The molecule has 3 rings (SSSR count). The number of hydrogen-bond donors (Lipinski definition) is 1. The van der Waals surface area contributed by atoms with E-state index >= 15 is 0 Å². The Bertz CT molecular complexity index is 424. The second-order valence-electron chi connectivity index (χ2n) is 5.81. The van der Waals surface area contributed by atoms with Gasteiger partial charge in [0.1, 0.15) is 0 Å². The summed E-state index contributed by atoms with van der Waals surface area (Å²) in [5.74, 6) is 1.90. The van der Waals surface area contributed by atoms with Crippen LogP contribution in [-0.2, 0) is 0 Å². The fraction of sp³-hybridized carbons (Fsp3) is 0.667. The molecule has 2 fully saturated rings. The van der Waals surface area contributed by atoms with E-state index in [0.29, 0.717) is 6.04 Å². The van der Waals surface area contributed by atoms with Gasteiger partial charge in [-0.2, -0.15) is 0 Å². The van der Waals surface area contributed by atoms with E-state index in [0.717, 1.165) is 29.7 Å². The lowest BCUT2D eigenvalue weighted by Crippen LogP contribution is -2.35. The van der Waals surface area contributed by atoms with E-state index in [1.54, 1.807) is 0 Å². The fourth-order valence-corrected chi connectivity index (χ4v) is 3.67. The number of aromatic nitrogens is 1. The molecule has 1 saturated heterocycles. The highest BCUT2D eigenvalue weighted by atomic mass is 15.2. The van der Waals surface area contributed by atoms with Crippen LogP contribution in [0, 0.1) is 12.8 Å². The molecule has 2 N–H and O–H groups in total. The van der Waals surface area contributed by atoms with Crippen LogP contribution in [0.3, 0.4) is 0 Å². The molecule has 0 radical (unpaired) electrons. The Hall–Kier alpha value is -1.25. The first-order chi connectivity index (χ1) is 8.75. The number of nitrogen functional groups attached to an aromatic ring is 1. The maximum Gasteiger partial charge on any atom is 0.152 e. The molecule has 0 spiro atoms. The Morgan fingerprint density at radius 3 is 2.72 bits per heavy atom. The molecule has 0 bridgehead atoms. The third-order valence-electron chi connectivity index (χ3n) is 4.56. The zero-order chi connectivity index (χ0) is 12.5. The van der Waals surface area contributed by atoms with Crippen LogP contribution in [-0.4, -0.2) is 17.6 Å². The Labute approximate surface area is 109 Å². The van der Waals surface area contributed by atoms with E-state index in [1.165, 1.54) is 38.5 Å². The summed E-state index contributed by atoms with van der Waals surface area (Å²) < 4.78 is 0. The van der Waals surface area contributed by atoms with Gasteiger partial charge in [-0.05, 0) is 50.7 Å². The van der Waals surface area contributed by atoms with E-state index in [9.17, 15) is 0 Å².